The van der Waals surface area contributed by atoms with Gasteiger partial charge in [0.05, 0.1) is 11.1 Å². The number of H-pyrrole nitrogens is 1. The molecule has 26 heavy (non-hydrogen) atoms. The zero-order valence-electron chi connectivity index (χ0n) is 14.7. The lowest BCUT2D eigenvalue weighted by molar-refractivity contribution is 0.488. The van der Waals surface area contributed by atoms with Gasteiger partial charge in [-0.1, -0.05) is 65.7 Å². The Labute approximate surface area is 151 Å². The first kappa shape index (κ1) is 16.2. The maximum atomic E-state index is 12.6. The molecule has 0 fully saturated rings. The van der Waals surface area contributed by atoms with Crippen LogP contribution in [0.5, 0.6) is 11.5 Å². The van der Waals surface area contributed by atoms with Gasteiger partial charge in [-0.25, -0.2) is 0 Å². The molecular weight excluding hydrogens is 322 g/mol. The number of rotatable bonds is 3. The number of fused-ring (bicyclic) bond motifs is 1. The largest absolute Gasteiger partial charge is 0.455 e. The van der Waals surface area contributed by atoms with Crippen LogP contribution >= 0.6 is 0 Å². The smallest absolute Gasteiger partial charge is 0.256 e. The van der Waals surface area contributed by atoms with Crippen molar-refractivity contribution in [2.24, 2.45) is 0 Å². The fraction of sp³-hybridized carbons (Fsp3) is 0.0870. The van der Waals surface area contributed by atoms with Crippen molar-refractivity contribution >= 4 is 10.8 Å². The number of ether oxygens (including phenoxy) is 1. The van der Waals surface area contributed by atoms with Crippen LogP contribution in [0.3, 0.4) is 0 Å². The number of hydrogen-bond donors (Lipinski definition) is 1. The summed E-state index contributed by atoms with van der Waals surface area (Å²) >= 11 is 0. The molecule has 0 saturated carbocycles. The summed E-state index contributed by atoms with van der Waals surface area (Å²) < 4.78 is 6.25. The third kappa shape index (κ3) is 3.00. The predicted molar refractivity (Wildman–Crippen MR) is 106 cm³/mol. The lowest BCUT2D eigenvalue weighted by Gasteiger charge is -2.14. The van der Waals surface area contributed by atoms with Gasteiger partial charge in [-0.05, 0) is 32.0 Å². The lowest BCUT2D eigenvalue weighted by Crippen LogP contribution is -2.09. The summed E-state index contributed by atoms with van der Waals surface area (Å²) in [6.07, 6.45) is 0. The molecule has 0 amide bonds. The van der Waals surface area contributed by atoms with Crippen molar-refractivity contribution in [3.8, 4) is 22.8 Å². The van der Waals surface area contributed by atoms with Gasteiger partial charge in [0.15, 0.2) is 5.75 Å². The third-order valence-electron chi connectivity index (χ3n) is 4.46. The van der Waals surface area contributed by atoms with Crippen molar-refractivity contribution in [3.63, 3.8) is 0 Å². The van der Waals surface area contributed by atoms with Crippen molar-refractivity contribution < 1.29 is 4.74 Å². The van der Waals surface area contributed by atoms with Crippen LogP contribution in [0.1, 0.15) is 11.1 Å². The predicted octanol–water partition coefficient (Wildman–Crippen LogP) is 5.60. The third-order valence-corrected chi connectivity index (χ3v) is 4.46. The zero-order chi connectivity index (χ0) is 18.1. The number of nitrogens with one attached hydrogen (secondary N) is 1. The van der Waals surface area contributed by atoms with Crippen LogP contribution in [0, 0.1) is 13.8 Å². The molecule has 3 heteroatoms. The van der Waals surface area contributed by atoms with Crippen LogP contribution < -0.4 is 10.3 Å². The van der Waals surface area contributed by atoms with E-state index in [0.717, 1.165) is 22.3 Å². The molecule has 0 aliphatic heterocycles. The van der Waals surface area contributed by atoms with Crippen LogP contribution in [0.15, 0.2) is 77.6 Å². The van der Waals surface area contributed by atoms with Crippen LogP contribution in [-0.2, 0) is 0 Å². The second kappa shape index (κ2) is 6.52. The van der Waals surface area contributed by atoms with E-state index in [-0.39, 0.29) is 5.56 Å². The van der Waals surface area contributed by atoms with Crippen LogP contribution in [-0.4, -0.2) is 4.98 Å². The first-order valence-corrected chi connectivity index (χ1v) is 8.58. The molecule has 0 aliphatic rings. The molecule has 128 valence electrons. The fourth-order valence-corrected chi connectivity index (χ4v) is 3.01. The molecule has 3 nitrogen and oxygen atoms in total. The van der Waals surface area contributed by atoms with E-state index in [0.29, 0.717) is 16.8 Å². The van der Waals surface area contributed by atoms with Gasteiger partial charge in [0, 0.05) is 10.9 Å². The highest BCUT2D eigenvalue weighted by Gasteiger charge is 2.15. The van der Waals surface area contributed by atoms with Gasteiger partial charge in [0.1, 0.15) is 5.75 Å². The quantitative estimate of drug-likeness (QED) is 0.527. The molecule has 1 heterocycles. The summed E-state index contributed by atoms with van der Waals surface area (Å²) in [7, 11) is 0. The topological polar surface area (TPSA) is 42.1 Å². The van der Waals surface area contributed by atoms with Gasteiger partial charge in [0.2, 0.25) is 0 Å². The van der Waals surface area contributed by atoms with E-state index in [1.807, 2.05) is 86.6 Å². The minimum atomic E-state index is -0.118. The first-order chi connectivity index (χ1) is 12.6. The van der Waals surface area contributed by atoms with E-state index in [1.54, 1.807) is 0 Å². The Hall–Kier alpha value is -3.33. The number of hydrogen-bond acceptors (Lipinski definition) is 2. The van der Waals surface area contributed by atoms with E-state index in [4.69, 9.17) is 4.74 Å². The standard InChI is InChI=1S/C23H19NO2/c1-15-7-11-17(12-8-15)21-22(26-18-13-9-16(2)10-14-18)19-5-3-4-6-20(19)23(25)24-21/h3-14H,1-2H3,(H,24,25). The van der Waals surface area contributed by atoms with Crippen molar-refractivity contribution in [3.05, 3.63) is 94.3 Å². The van der Waals surface area contributed by atoms with Crippen LogP contribution in [0.4, 0.5) is 0 Å². The molecule has 0 radical (unpaired) electrons. The molecule has 0 bridgehead atoms. The second-order valence-corrected chi connectivity index (χ2v) is 6.48. The number of aromatic nitrogens is 1. The van der Waals surface area contributed by atoms with Gasteiger partial charge in [-0.15, -0.1) is 0 Å². The highest BCUT2D eigenvalue weighted by molar-refractivity contribution is 5.93. The average Bonchev–Trinajstić information content (AvgIpc) is 2.66. The molecule has 0 spiro atoms. The van der Waals surface area contributed by atoms with Gasteiger partial charge in [-0.2, -0.15) is 0 Å². The molecule has 1 aromatic heterocycles. The number of benzene rings is 3. The van der Waals surface area contributed by atoms with Crippen molar-refractivity contribution in [2.75, 3.05) is 0 Å². The van der Waals surface area contributed by atoms with Crippen molar-refractivity contribution in [2.45, 2.75) is 13.8 Å². The van der Waals surface area contributed by atoms with Gasteiger partial charge >= 0.3 is 0 Å². The normalized spacial score (nSPS) is 10.8. The minimum Gasteiger partial charge on any atom is -0.455 e. The Kier molecular flexibility index (Phi) is 4.05. The summed E-state index contributed by atoms with van der Waals surface area (Å²) in [4.78, 5) is 15.6. The number of aryl methyl sites for hydroxylation is 2. The Morgan fingerprint density at radius 2 is 1.31 bits per heavy atom. The molecule has 0 unspecified atom stereocenters. The summed E-state index contributed by atoms with van der Waals surface area (Å²) in [5.74, 6) is 1.40. The fourth-order valence-electron chi connectivity index (χ4n) is 3.01. The van der Waals surface area contributed by atoms with Crippen molar-refractivity contribution in [1.29, 1.82) is 0 Å². The number of pyridine rings is 1. The molecule has 3 aromatic carbocycles. The van der Waals surface area contributed by atoms with Gasteiger partial charge < -0.3 is 9.72 Å². The van der Waals surface area contributed by atoms with Gasteiger partial charge in [0.25, 0.3) is 5.56 Å². The Balaban J connectivity index is 1.96. The SMILES string of the molecule is Cc1ccc(Oc2c(-c3ccc(C)cc3)[nH]c(=O)c3ccccc23)cc1. The summed E-state index contributed by atoms with van der Waals surface area (Å²) in [5.41, 5.74) is 3.82. The lowest BCUT2D eigenvalue weighted by atomic mass is 10.0. The van der Waals surface area contributed by atoms with Crippen molar-refractivity contribution in [1.82, 2.24) is 4.98 Å². The Morgan fingerprint density at radius 1 is 0.731 bits per heavy atom. The number of aromatic amines is 1. The molecule has 0 saturated heterocycles. The van der Waals surface area contributed by atoms with Crippen LogP contribution in [0.2, 0.25) is 0 Å². The maximum Gasteiger partial charge on any atom is 0.256 e. The molecule has 0 atom stereocenters. The summed E-state index contributed by atoms with van der Waals surface area (Å²) in [6.45, 7) is 4.08. The van der Waals surface area contributed by atoms with E-state index in [1.165, 1.54) is 5.56 Å². The molecule has 1 N–H and O–H groups in total. The van der Waals surface area contributed by atoms with E-state index in [9.17, 15) is 4.79 Å². The first-order valence-electron chi connectivity index (χ1n) is 8.58. The molecule has 0 aliphatic carbocycles. The Morgan fingerprint density at radius 3 is 1.96 bits per heavy atom. The van der Waals surface area contributed by atoms with Crippen LogP contribution in [0.25, 0.3) is 22.0 Å². The monoisotopic (exact) mass is 341 g/mol. The zero-order valence-corrected chi connectivity index (χ0v) is 14.7. The van der Waals surface area contributed by atoms with Gasteiger partial charge in [-0.3, -0.25) is 4.79 Å². The van der Waals surface area contributed by atoms with E-state index in [2.05, 4.69) is 4.98 Å². The molecule has 4 aromatic rings. The van der Waals surface area contributed by atoms with E-state index < -0.39 is 0 Å². The summed E-state index contributed by atoms with van der Waals surface area (Å²) in [5, 5.41) is 1.41. The van der Waals surface area contributed by atoms with E-state index >= 15 is 0 Å². The summed E-state index contributed by atoms with van der Waals surface area (Å²) in [6, 6.07) is 23.5. The minimum absolute atomic E-state index is 0.118. The average molecular weight is 341 g/mol. The Bertz CT molecular complexity index is 1120. The maximum absolute atomic E-state index is 12.6. The molecular formula is C23H19NO2. The highest BCUT2D eigenvalue weighted by atomic mass is 16.5. The second-order valence-electron chi connectivity index (χ2n) is 6.48. The highest BCUT2D eigenvalue weighted by Crippen LogP contribution is 2.36. The molecule has 4 rings (SSSR count).